The highest BCUT2D eigenvalue weighted by Crippen LogP contribution is 2.34. The molecule has 0 aliphatic carbocycles. The Morgan fingerprint density at radius 3 is 2.62 bits per heavy atom. The lowest BCUT2D eigenvalue weighted by molar-refractivity contribution is 0.355. The molecule has 2 aromatic carbocycles. The van der Waals surface area contributed by atoms with Crippen molar-refractivity contribution in [3.63, 3.8) is 0 Å². The minimum absolute atomic E-state index is 0.467. The van der Waals surface area contributed by atoms with Crippen molar-refractivity contribution in [1.82, 2.24) is 4.98 Å². The number of hydrogen-bond acceptors (Lipinski definition) is 5. The lowest BCUT2D eigenvalue weighted by Gasteiger charge is -2.08. The van der Waals surface area contributed by atoms with Crippen LogP contribution in [0.3, 0.4) is 0 Å². The number of nitriles is 1. The predicted octanol–water partition coefficient (Wildman–Crippen LogP) is 5.54. The summed E-state index contributed by atoms with van der Waals surface area (Å²) in [5, 5.41) is 12.7. The molecule has 130 valence electrons. The number of benzene rings is 2. The largest absolute Gasteiger partial charge is 0.493 e. The van der Waals surface area contributed by atoms with Crippen molar-refractivity contribution in [3.8, 4) is 28.8 Å². The van der Waals surface area contributed by atoms with Crippen LogP contribution in [0.2, 0.25) is 5.02 Å². The minimum atomic E-state index is 0.467. The van der Waals surface area contributed by atoms with E-state index in [-0.39, 0.29) is 0 Å². The van der Waals surface area contributed by atoms with Crippen molar-refractivity contribution in [2.75, 3.05) is 14.2 Å². The van der Waals surface area contributed by atoms with E-state index in [0.29, 0.717) is 27.1 Å². The van der Waals surface area contributed by atoms with E-state index in [1.165, 1.54) is 11.3 Å². The first-order valence-electron chi connectivity index (χ1n) is 7.71. The normalized spacial score (nSPS) is 11.1. The molecular formula is C20H15ClN2O2S. The van der Waals surface area contributed by atoms with Crippen LogP contribution in [0, 0.1) is 11.3 Å². The SMILES string of the molecule is COc1ccc(-c2csc(C(C#N)=Cc3ccccc3Cl)n2)cc1OC. The Kier molecular flexibility index (Phi) is 5.57. The average molecular weight is 383 g/mol. The molecule has 4 nitrogen and oxygen atoms in total. The zero-order chi connectivity index (χ0) is 18.5. The highest BCUT2D eigenvalue weighted by atomic mass is 35.5. The van der Waals surface area contributed by atoms with Gasteiger partial charge in [-0.2, -0.15) is 5.26 Å². The van der Waals surface area contributed by atoms with Crippen molar-refractivity contribution < 1.29 is 9.47 Å². The van der Waals surface area contributed by atoms with Gasteiger partial charge in [-0.25, -0.2) is 4.98 Å². The van der Waals surface area contributed by atoms with E-state index >= 15 is 0 Å². The van der Waals surface area contributed by atoms with E-state index in [9.17, 15) is 5.26 Å². The standard InChI is InChI=1S/C20H15ClN2O2S/c1-24-18-8-7-14(10-19(18)25-2)17-12-26-20(23-17)15(11-22)9-13-5-3-4-6-16(13)21/h3-10,12H,1-2H3. The highest BCUT2D eigenvalue weighted by molar-refractivity contribution is 7.11. The zero-order valence-corrected chi connectivity index (χ0v) is 15.8. The third-order valence-electron chi connectivity index (χ3n) is 3.74. The highest BCUT2D eigenvalue weighted by Gasteiger charge is 2.12. The maximum absolute atomic E-state index is 9.53. The van der Waals surface area contributed by atoms with Crippen LogP contribution in [-0.2, 0) is 0 Å². The van der Waals surface area contributed by atoms with Crippen LogP contribution in [0.15, 0.2) is 47.8 Å². The van der Waals surface area contributed by atoms with Crippen molar-refractivity contribution in [2.45, 2.75) is 0 Å². The molecule has 26 heavy (non-hydrogen) atoms. The van der Waals surface area contributed by atoms with Crippen LogP contribution in [0.5, 0.6) is 11.5 Å². The van der Waals surface area contributed by atoms with E-state index in [1.54, 1.807) is 26.4 Å². The third kappa shape index (κ3) is 3.72. The predicted molar refractivity (Wildman–Crippen MR) is 106 cm³/mol. The summed E-state index contributed by atoms with van der Waals surface area (Å²) in [6, 6.07) is 15.2. The zero-order valence-electron chi connectivity index (χ0n) is 14.2. The molecule has 1 aromatic heterocycles. The molecule has 0 spiro atoms. The van der Waals surface area contributed by atoms with Gasteiger partial charge in [0.1, 0.15) is 11.1 Å². The Bertz CT molecular complexity index is 1010. The number of thiazole rings is 1. The fourth-order valence-corrected chi connectivity index (χ4v) is 3.40. The summed E-state index contributed by atoms with van der Waals surface area (Å²) >= 11 is 7.59. The maximum atomic E-state index is 9.53. The lowest BCUT2D eigenvalue weighted by Crippen LogP contribution is -1.91. The van der Waals surface area contributed by atoms with Gasteiger partial charge in [0.05, 0.1) is 25.5 Å². The second kappa shape index (κ2) is 8.05. The molecule has 0 aliphatic rings. The van der Waals surface area contributed by atoms with Gasteiger partial charge in [-0.3, -0.25) is 0 Å². The number of hydrogen-bond donors (Lipinski definition) is 0. The van der Waals surface area contributed by atoms with E-state index in [0.717, 1.165) is 16.8 Å². The summed E-state index contributed by atoms with van der Waals surface area (Å²) in [4.78, 5) is 4.60. The Labute approximate surface area is 160 Å². The first kappa shape index (κ1) is 18.0. The molecule has 0 aliphatic heterocycles. The summed E-state index contributed by atoms with van der Waals surface area (Å²) in [6.45, 7) is 0. The molecule has 0 N–H and O–H groups in total. The van der Waals surface area contributed by atoms with Gasteiger partial charge >= 0.3 is 0 Å². The van der Waals surface area contributed by atoms with Crippen LogP contribution < -0.4 is 9.47 Å². The minimum Gasteiger partial charge on any atom is -0.493 e. The first-order chi connectivity index (χ1) is 12.7. The molecule has 6 heteroatoms. The van der Waals surface area contributed by atoms with E-state index in [2.05, 4.69) is 11.1 Å². The van der Waals surface area contributed by atoms with Gasteiger partial charge in [0.2, 0.25) is 0 Å². The number of ether oxygens (including phenoxy) is 2. The van der Waals surface area contributed by atoms with E-state index in [1.807, 2.05) is 41.8 Å². The Morgan fingerprint density at radius 1 is 1.15 bits per heavy atom. The fourth-order valence-electron chi connectivity index (χ4n) is 2.42. The second-order valence-corrected chi connectivity index (χ2v) is 6.56. The molecule has 3 rings (SSSR count). The summed E-state index contributed by atoms with van der Waals surface area (Å²) in [6.07, 6.45) is 1.75. The third-order valence-corrected chi connectivity index (χ3v) is 4.96. The second-order valence-electron chi connectivity index (χ2n) is 5.30. The molecule has 0 atom stereocenters. The Hall–Kier alpha value is -2.81. The van der Waals surface area contributed by atoms with Crippen LogP contribution in [0.1, 0.15) is 10.6 Å². The summed E-state index contributed by atoms with van der Waals surface area (Å²) < 4.78 is 10.6. The van der Waals surface area contributed by atoms with Crippen molar-refractivity contribution >= 4 is 34.6 Å². The van der Waals surface area contributed by atoms with Gasteiger partial charge in [-0.05, 0) is 35.9 Å². The maximum Gasteiger partial charge on any atom is 0.161 e. The fraction of sp³-hybridized carbons (Fsp3) is 0.100. The van der Waals surface area contributed by atoms with Gasteiger partial charge in [-0.1, -0.05) is 29.8 Å². The number of halogens is 1. The smallest absolute Gasteiger partial charge is 0.161 e. The van der Waals surface area contributed by atoms with Crippen molar-refractivity contribution in [3.05, 3.63) is 63.4 Å². The van der Waals surface area contributed by atoms with E-state index in [4.69, 9.17) is 21.1 Å². The molecule has 1 heterocycles. The van der Waals surface area contributed by atoms with Crippen molar-refractivity contribution in [1.29, 1.82) is 5.26 Å². The van der Waals surface area contributed by atoms with Gasteiger partial charge in [0.25, 0.3) is 0 Å². The first-order valence-corrected chi connectivity index (χ1v) is 8.96. The average Bonchev–Trinajstić information content (AvgIpc) is 3.16. The molecule has 0 fully saturated rings. The molecule has 0 radical (unpaired) electrons. The van der Waals surface area contributed by atoms with Gasteiger partial charge in [0, 0.05) is 16.0 Å². The number of rotatable bonds is 5. The van der Waals surface area contributed by atoms with Gasteiger partial charge < -0.3 is 9.47 Å². The number of nitrogens with zero attached hydrogens (tertiary/aromatic N) is 2. The van der Waals surface area contributed by atoms with Crippen LogP contribution in [0.4, 0.5) is 0 Å². The molecule has 3 aromatic rings. The Balaban J connectivity index is 1.97. The number of aromatic nitrogens is 1. The van der Waals surface area contributed by atoms with Crippen LogP contribution >= 0.6 is 22.9 Å². The van der Waals surface area contributed by atoms with Gasteiger partial charge in [-0.15, -0.1) is 11.3 Å². The molecule has 0 saturated carbocycles. The summed E-state index contributed by atoms with van der Waals surface area (Å²) in [5.41, 5.74) is 2.91. The van der Waals surface area contributed by atoms with Crippen LogP contribution in [0.25, 0.3) is 22.9 Å². The number of allylic oxidation sites excluding steroid dienone is 1. The van der Waals surface area contributed by atoms with Crippen molar-refractivity contribution in [2.24, 2.45) is 0 Å². The number of methoxy groups -OCH3 is 2. The molecule has 0 bridgehead atoms. The quantitative estimate of drug-likeness (QED) is 0.543. The molecular weight excluding hydrogens is 368 g/mol. The topological polar surface area (TPSA) is 55.1 Å². The lowest BCUT2D eigenvalue weighted by atomic mass is 10.1. The summed E-state index contributed by atoms with van der Waals surface area (Å²) in [5.74, 6) is 1.29. The van der Waals surface area contributed by atoms with Crippen LogP contribution in [-0.4, -0.2) is 19.2 Å². The Morgan fingerprint density at radius 2 is 1.92 bits per heavy atom. The molecule has 0 amide bonds. The summed E-state index contributed by atoms with van der Waals surface area (Å²) in [7, 11) is 3.19. The van der Waals surface area contributed by atoms with Gasteiger partial charge in [0.15, 0.2) is 11.5 Å². The van der Waals surface area contributed by atoms with E-state index < -0.39 is 0 Å². The molecule has 0 saturated heterocycles. The molecule has 0 unspecified atom stereocenters. The monoisotopic (exact) mass is 382 g/mol.